The van der Waals surface area contributed by atoms with Gasteiger partial charge in [0.2, 0.25) is 5.91 Å². The average molecular weight is 481 g/mol. The largest absolute Gasteiger partial charge is 0.479 e. The van der Waals surface area contributed by atoms with Crippen molar-refractivity contribution < 1.29 is 29.3 Å². The van der Waals surface area contributed by atoms with E-state index in [0.717, 1.165) is 41.5 Å². The second kappa shape index (κ2) is 10.5. The fourth-order valence-corrected chi connectivity index (χ4v) is 5.11. The summed E-state index contributed by atoms with van der Waals surface area (Å²) in [5, 5.41) is 24.2. The van der Waals surface area contributed by atoms with Crippen LogP contribution >= 0.6 is 0 Å². The minimum absolute atomic E-state index is 0.0674. The third-order valence-electron chi connectivity index (χ3n) is 7.19. The Labute approximate surface area is 204 Å². The fourth-order valence-electron chi connectivity index (χ4n) is 5.11. The molecule has 0 aromatic heterocycles. The van der Waals surface area contributed by atoms with Crippen molar-refractivity contribution in [2.24, 2.45) is 5.92 Å². The first kappa shape index (κ1) is 24.7. The number of carboxylic acid groups (broad SMARTS) is 1. The van der Waals surface area contributed by atoms with Crippen molar-refractivity contribution in [3.63, 3.8) is 0 Å². The average Bonchev–Trinajstić information content (AvgIpc) is 2.98. The van der Waals surface area contributed by atoms with Gasteiger partial charge in [0.1, 0.15) is 6.61 Å². The van der Waals surface area contributed by atoms with Crippen molar-refractivity contribution in [1.29, 1.82) is 0 Å². The van der Waals surface area contributed by atoms with Crippen molar-refractivity contribution in [2.75, 3.05) is 13.2 Å². The zero-order valence-electron chi connectivity index (χ0n) is 19.8. The fraction of sp³-hybridized carbons (Fsp3) is 0.444. The lowest BCUT2D eigenvalue weighted by molar-refractivity contribution is -0.149. The van der Waals surface area contributed by atoms with E-state index in [2.05, 4.69) is 22.8 Å². The number of amides is 2. The Morgan fingerprint density at radius 3 is 2.17 bits per heavy atom. The molecule has 186 valence electrons. The van der Waals surface area contributed by atoms with E-state index in [1.807, 2.05) is 36.4 Å². The molecule has 2 aliphatic rings. The number of fused-ring (bicyclic) bond motifs is 3. The molecular formula is C27H32N2O6. The van der Waals surface area contributed by atoms with Crippen LogP contribution in [0.3, 0.4) is 0 Å². The number of hydrogen-bond acceptors (Lipinski definition) is 5. The Morgan fingerprint density at radius 1 is 0.971 bits per heavy atom. The molecule has 2 aliphatic carbocycles. The van der Waals surface area contributed by atoms with Crippen LogP contribution in [0.25, 0.3) is 11.1 Å². The van der Waals surface area contributed by atoms with Crippen LogP contribution < -0.4 is 10.6 Å². The van der Waals surface area contributed by atoms with Crippen LogP contribution in [-0.4, -0.2) is 53.0 Å². The zero-order valence-corrected chi connectivity index (χ0v) is 19.8. The van der Waals surface area contributed by atoms with Crippen LogP contribution in [0, 0.1) is 5.92 Å². The number of carbonyl (C=O) groups is 3. The number of alkyl carbamates (subject to hydrolysis) is 1. The summed E-state index contributed by atoms with van der Waals surface area (Å²) in [5.74, 6) is -2.48. The number of ether oxygens (including phenoxy) is 1. The summed E-state index contributed by atoms with van der Waals surface area (Å²) >= 11 is 0. The lowest BCUT2D eigenvalue weighted by Crippen LogP contribution is -2.58. The molecule has 2 aromatic rings. The molecule has 8 heteroatoms. The van der Waals surface area contributed by atoms with Crippen molar-refractivity contribution in [3.05, 3.63) is 59.7 Å². The molecule has 0 radical (unpaired) electrons. The van der Waals surface area contributed by atoms with Crippen LogP contribution in [0.4, 0.5) is 4.79 Å². The lowest BCUT2D eigenvalue weighted by atomic mass is 9.92. The Bertz CT molecular complexity index is 1060. The predicted molar refractivity (Wildman–Crippen MR) is 130 cm³/mol. The first-order chi connectivity index (χ1) is 16.8. The highest BCUT2D eigenvalue weighted by Crippen LogP contribution is 2.44. The van der Waals surface area contributed by atoms with Crippen LogP contribution in [0.1, 0.15) is 56.1 Å². The van der Waals surface area contributed by atoms with E-state index in [9.17, 15) is 24.6 Å². The molecule has 1 unspecified atom stereocenters. The summed E-state index contributed by atoms with van der Waals surface area (Å²) in [6.45, 7) is 0.703. The molecule has 0 spiro atoms. The van der Waals surface area contributed by atoms with E-state index in [-0.39, 0.29) is 12.5 Å². The normalized spacial score (nSPS) is 21.1. The Kier molecular flexibility index (Phi) is 7.40. The van der Waals surface area contributed by atoms with Gasteiger partial charge >= 0.3 is 12.1 Å². The predicted octanol–water partition coefficient (Wildman–Crippen LogP) is 3.43. The summed E-state index contributed by atoms with van der Waals surface area (Å²) in [4.78, 5) is 37.3. The standard InChI is InChI=1S/C27H32N2O6/c1-27(16-30,25(32)33)29-24(31)21-13-3-2-4-14-23(21)28-26(34)35-15-22-19-11-7-5-9-17(19)18-10-6-8-12-20(18)22/h5-12,21-23,30H,2-4,13-16H2,1H3,(H,28,34)(H,29,31)(H,32,33)/t21-,23+,27?/m0/s1. The maximum absolute atomic E-state index is 13.0. The second-order valence-electron chi connectivity index (χ2n) is 9.61. The molecule has 0 bridgehead atoms. The van der Waals surface area contributed by atoms with Gasteiger partial charge in [-0.05, 0) is 42.0 Å². The van der Waals surface area contributed by atoms with E-state index < -0.39 is 42.1 Å². The van der Waals surface area contributed by atoms with Gasteiger partial charge in [0.25, 0.3) is 0 Å². The van der Waals surface area contributed by atoms with E-state index in [4.69, 9.17) is 4.74 Å². The number of aliphatic carboxylic acids is 1. The van der Waals surface area contributed by atoms with Gasteiger partial charge < -0.3 is 25.6 Å². The summed E-state index contributed by atoms with van der Waals surface area (Å²) in [6, 6.07) is 15.7. The van der Waals surface area contributed by atoms with Gasteiger partial charge in [0.05, 0.1) is 12.5 Å². The first-order valence-corrected chi connectivity index (χ1v) is 12.1. The zero-order chi connectivity index (χ0) is 25.0. The molecule has 0 aliphatic heterocycles. The number of aliphatic hydroxyl groups excluding tert-OH is 1. The topological polar surface area (TPSA) is 125 Å². The lowest BCUT2D eigenvalue weighted by Gasteiger charge is -2.30. The Morgan fingerprint density at radius 2 is 1.57 bits per heavy atom. The maximum Gasteiger partial charge on any atom is 0.407 e. The molecule has 1 saturated carbocycles. The van der Waals surface area contributed by atoms with Crippen LogP contribution in [0.15, 0.2) is 48.5 Å². The van der Waals surface area contributed by atoms with Crippen molar-refractivity contribution >= 4 is 18.0 Å². The van der Waals surface area contributed by atoms with Gasteiger partial charge in [-0.15, -0.1) is 0 Å². The number of carboxylic acids is 1. The number of rotatable bonds is 7. The van der Waals surface area contributed by atoms with Crippen molar-refractivity contribution in [3.8, 4) is 11.1 Å². The van der Waals surface area contributed by atoms with Gasteiger partial charge in [0, 0.05) is 12.0 Å². The third kappa shape index (κ3) is 5.17. The number of carbonyl (C=O) groups excluding carboxylic acids is 2. The van der Waals surface area contributed by atoms with Crippen LogP contribution in [0.5, 0.6) is 0 Å². The van der Waals surface area contributed by atoms with E-state index in [1.54, 1.807) is 0 Å². The molecule has 8 nitrogen and oxygen atoms in total. The Balaban J connectivity index is 1.43. The molecule has 35 heavy (non-hydrogen) atoms. The van der Waals surface area contributed by atoms with E-state index >= 15 is 0 Å². The van der Waals surface area contributed by atoms with Crippen molar-refractivity contribution in [2.45, 2.75) is 56.5 Å². The number of hydrogen-bond donors (Lipinski definition) is 4. The number of aliphatic hydroxyl groups is 1. The minimum Gasteiger partial charge on any atom is -0.479 e. The summed E-state index contributed by atoms with van der Waals surface area (Å²) < 4.78 is 5.66. The van der Waals surface area contributed by atoms with E-state index in [0.29, 0.717) is 12.8 Å². The molecule has 1 fully saturated rings. The van der Waals surface area contributed by atoms with Crippen LogP contribution in [-0.2, 0) is 14.3 Å². The van der Waals surface area contributed by atoms with Gasteiger partial charge in [0.15, 0.2) is 5.54 Å². The molecule has 2 amide bonds. The molecule has 4 N–H and O–H groups in total. The SMILES string of the molecule is CC(CO)(NC(=O)[C@H]1CCCCC[C@H]1NC(=O)OCC1c2ccccc2-c2ccccc21)C(=O)O. The summed E-state index contributed by atoms with van der Waals surface area (Å²) in [6.07, 6.45) is 3.06. The Hall–Kier alpha value is -3.39. The second-order valence-corrected chi connectivity index (χ2v) is 9.61. The monoisotopic (exact) mass is 480 g/mol. The molecule has 2 aromatic carbocycles. The van der Waals surface area contributed by atoms with Gasteiger partial charge in [-0.2, -0.15) is 0 Å². The van der Waals surface area contributed by atoms with E-state index in [1.165, 1.54) is 6.92 Å². The first-order valence-electron chi connectivity index (χ1n) is 12.1. The van der Waals surface area contributed by atoms with Crippen LogP contribution in [0.2, 0.25) is 0 Å². The number of nitrogens with one attached hydrogen (secondary N) is 2. The maximum atomic E-state index is 13.0. The van der Waals surface area contributed by atoms with Gasteiger partial charge in [-0.3, -0.25) is 4.79 Å². The highest BCUT2D eigenvalue weighted by molar-refractivity contribution is 5.88. The quantitative estimate of drug-likeness (QED) is 0.450. The number of benzene rings is 2. The minimum atomic E-state index is -1.78. The molecule has 4 rings (SSSR count). The smallest absolute Gasteiger partial charge is 0.407 e. The summed E-state index contributed by atoms with van der Waals surface area (Å²) in [5.41, 5.74) is 2.74. The highest BCUT2D eigenvalue weighted by Gasteiger charge is 2.39. The molecule has 0 heterocycles. The van der Waals surface area contributed by atoms with Crippen molar-refractivity contribution in [1.82, 2.24) is 10.6 Å². The highest BCUT2D eigenvalue weighted by atomic mass is 16.5. The molecule has 0 saturated heterocycles. The van der Waals surface area contributed by atoms with Gasteiger partial charge in [-0.25, -0.2) is 9.59 Å². The third-order valence-corrected chi connectivity index (χ3v) is 7.19. The van der Waals surface area contributed by atoms with Gasteiger partial charge in [-0.1, -0.05) is 67.8 Å². The molecule has 3 atom stereocenters. The summed E-state index contributed by atoms with van der Waals surface area (Å²) in [7, 11) is 0. The molecular weight excluding hydrogens is 448 g/mol.